The summed E-state index contributed by atoms with van der Waals surface area (Å²) in [6.07, 6.45) is -9.81. The van der Waals surface area contributed by atoms with Gasteiger partial charge in [0.2, 0.25) is 0 Å². The van der Waals surface area contributed by atoms with Crippen molar-refractivity contribution in [1.82, 2.24) is 0 Å². The predicted octanol–water partition coefficient (Wildman–Crippen LogP) is 4.02. The highest BCUT2D eigenvalue weighted by atomic mass is 19.4. The van der Waals surface area contributed by atoms with Gasteiger partial charge >= 0.3 is 19.5 Å². The number of alkyl halides is 6. The van der Waals surface area contributed by atoms with E-state index in [1.807, 2.05) is 0 Å². The Morgan fingerprint density at radius 2 is 1.09 bits per heavy atom. The molecule has 0 atom stereocenters. The first-order valence-corrected chi connectivity index (χ1v) is 6.78. The van der Waals surface area contributed by atoms with Gasteiger partial charge in [-0.3, -0.25) is 0 Å². The van der Waals surface area contributed by atoms with Crippen LogP contribution in [0.5, 0.6) is 0 Å². The molecule has 2 rings (SSSR count). The molecule has 1 aliphatic heterocycles. The van der Waals surface area contributed by atoms with E-state index in [0.29, 0.717) is 12.1 Å². The molecule has 0 radical (unpaired) electrons. The molecule has 1 saturated heterocycles. The molecule has 128 valence electrons. The average Bonchev–Trinajstić information content (AvgIpc) is 2.56. The molecule has 9 heteroatoms. The summed E-state index contributed by atoms with van der Waals surface area (Å²) in [5.41, 5.74) is -4.84. The quantitative estimate of drug-likeness (QED) is 0.568. The maximum atomic E-state index is 12.9. The van der Waals surface area contributed by atoms with E-state index >= 15 is 0 Å². The Balaban J connectivity index is 2.51. The number of benzene rings is 1. The standard InChI is InChI=1S/C14H15BF6O2/c1-11(2)12(3,4)23-15(22-11)10-6-8(13(16,17)18)5-9(7-10)14(19,20)21/h5-7H,1-4H3. The Morgan fingerprint density at radius 3 is 1.39 bits per heavy atom. The zero-order chi connectivity index (χ0) is 17.8. The van der Waals surface area contributed by atoms with Gasteiger partial charge in [0, 0.05) is 0 Å². The fraction of sp³-hybridized carbons (Fsp3) is 0.571. The van der Waals surface area contributed by atoms with E-state index in [0.717, 1.165) is 0 Å². The largest absolute Gasteiger partial charge is 0.494 e. The summed E-state index contributed by atoms with van der Waals surface area (Å²) in [5, 5.41) is 0. The van der Waals surface area contributed by atoms with Crippen LogP contribution in [0.25, 0.3) is 0 Å². The molecule has 0 saturated carbocycles. The second kappa shape index (κ2) is 5.14. The van der Waals surface area contributed by atoms with Gasteiger partial charge in [0.05, 0.1) is 22.3 Å². The zero-order valence-corrected chi connectivity index (χ0v) is 12.9. The minimum absolute atomic E-state index is 0.0781. The molecule has 0 aromatic heterocycles. The molecule has 0 aliphatic carbocycles. The first-order valence-electron chi connectivity index (χ1n) is 6.78. The van der Waals surface area contributed by atoms with Crippen LogP contribution in [0.1, 0.15) is 38.8 Å². The van der Waals surface area contributed by atoms with Crippen molar-refractivity contribution in [3.63, 3.8) is 0 Å². The maximum Gasteiger partial charge on any atom is 0.494 e. The lowest BCUT2D eigenvalue weighted by molar-refractivity contribution is -0.142. The van der Waals surface area contributed by atoms with E-state index in [1.165, 1.54) is 0 Å². The number of hydrogen-bond acceptors (Lipinski definition) is 2. The van der Waals surface area contributed by atoms with Crippen LogP contribution in [0.4, 0.5) is 26.3 Å². The summed E-state index contributed by atoms with van der Waals surface area (Å²) in [7, 11) is -1.30. The molecule has 1 heterocycles. The van der Waals surface area contributed by atoms with E-state index < -0.39 is 41.8 Å². The number of halogens is 6. The normalized spacial score (nSPS) is 20.9. The fourth-order valence-corrected chi connectivity index (χ4v) is 2.09. The van der Waals surface area contributed by atoms with Crippen molar-refractivity contribution in [2.75, 3.05) is 0 Å². The summed E-state index contributed by atoms with van der Waals surface area (Å²) >= 11 is 0. The summed E-state index contributed by atoms with van der Waals surface area (Å²) in [6.45, 7) is 6.63. The van der Waals surface area contributed by atoms with Crippen molar-refractivity contribution < 1.29 is 35.7 Å². The lowest BCUT2D eigenvalue weighted by Crippen LogP contribution is -2.41. The van der Waals surface area contributed by atoms with Gasteiger partial charge in [0.15, 0.2) is 0 Å². The van der Waals surface area contributed by atoms with Crippen LogP contribution in [0.2, 0.25) is 0 Å². The Bertz CT molecular complexity index is 558. The molecule has 1 aromatic rings. The van der Waals surface area contributed by atoms with Gasteiger partial charge in [-0.1, -0.05) is 12.1 Å². The van der Waals surface area contributed by atoms with E-state index in [4.69, 9.17) is 9.31 Å². The molecule has 1 aromatic carbocycles. The lowest BCUT2D eigenvalue weighted by Gasteiger charge is -2.32. The van der Waals surface area contributed by atoms with Crippen LogP contribution >= 0.6 is 0 Å². The topological polar surface area (TPSA) is 18.5 Å². The number of hydrogen-bond donors (Lipinski definition) is 0. The zero-order valence-electron chi connectivity index (χ0n) is 12.9. The Kier molecular flexibility index (Phi) is 4.05. The molecule has 2 nitrogen and oxygen atoms in total. The van der Waals surface area contributed by atoms with Crippen LogP contribution < -0.4 is 5.46 Å². The van der Waals surface area contributed by atoms with Crippen LogP contribution in [0, 0.1) is 0 Å². The fourth-order valence-electron chi connectivity index (χ4n) is 2.09. The van der Waals surface area contributed by atoms with E-state index in [2.05, 4.69) is 0 Å². The molecule has 0 unspecified atom stereocenters. The van der Waals surface area contributed by atoms with Crippen molar-refractivity contribution in [2.24, 2.45) is 0 Å². The molecule has 0 N–H and O–H groups in total. The molecular weight excluding hydrogens is 325 g/mol. The summed E-state index contributed by atoms with van der Waals surface area (Å²) in [6, 6.07) is 1.32. The SMILES string of the molecule is CC1(C)OB(c2cc(C(F)(F)F)cc(C(F)(F)F)c2)OC1(C)C. The Morgan fingerprint density at radius 1 is 0.739 bits per heavy atom. The lowest BCUT2D eigenvalue weighted by atomic mass is 9.77. The highest BCUT2D eigenvalue weighted by Gasteiger charge is 2.52. The van der Waals surface area contributed by atoms with Gasteiger partial charge in [-0.05, 0) is 39.2 Å². The minimum Gasteiger partial charge on any atom is -0.399 e. The van der Waals surface area contributed by atoms with Gasteiger partial charge in [-0.2, -0.15) is 26.3 Å². The second-order valence-electron chi connectivity index (χ2n) is 6.43. The van der Waals surface area contributed by atoms with Crippen LogP contribution in [-0.4, -0.2) is 18.3 Å². The van der Waals surface area contributed by atoms with E-state index in [-0.39, 0.29) is 11.5 Å². The molecule has 0 amide bonds. The van der Waals surface area contributed by atoms with Crippen molar-refractivity contribution in [1.29, 1.82) is 0 Å². The predicted molar refractivity (Wildman–Crippen MR) is 72.2 cm³/mol. The van der Waals surface area contributed by atoms with Gasteiger partial charge < -0.3 is 9.31 Å². The van der Waals surface area contributed by atoms with Crippen molar-refractivity contribution in [2.45, 2.75) is 51.2 Å². The third kappa shape index (κ3) is 3.50. The highest BCUT2D eigenvalue weighted by molar-refractivity contribution is 6.62. The van der Waals surface area contributed by atoms with E-state index in [9.17, 15) is 26.3 Å². The van der Waals surface area contributed by atoms with Crippen LogP contribution in [0.15, 0.2) is 18.2 Å². The average molecular weight is 340 g/mol. The first kappa shape index (κ1) is 18.1. The van der Waals surface area contributed by atoms with Crippen molar-refractivity contribution in [3.8, 4) is 0 Å². The minimum atomic E-state index is -4.90. The maximum absolute atomic E-state index is 12.9. The smallest absolute Gasteiger partial charge is 0.399 e. The van der Waals surface area contributed by atoms with Gasteiger partial charge in [-0.15, -0.1) is 0 Å². The van der Waals surface area contributed by atoms with Gasteiger partial charge in [0.25, 0.3) is 0 Å². The molecule has 1 fully saturated rings. The van der Waals surface area contributed by atoms with Crippen molar-refractivity contribution >= 4 is 12.6 Å². The summed E-state index contributed by atoms with van der Waals surface area (Å²) < 4.78 is 88.3. The Labute approximate surface area is 129 Å². The Hall–Kier alpha value is -1.22. The van der Waals surface area contributed by atoms with E-state index in [1.54, 1.807) is 27.7 Å². The summed E-state index contributed by atoms with van der Waals surface area (Å²) in [4.78, 5) is 0. The van der Waals surface area contributed by atoms with Gasteiger partial charge in [-0.25, -0.2) is 0 Å². The van der Waals surface area contributed by atoms with Crippen molar-refractivity contribution in [3.05, 3.63) is 29.3 Å². The first-order chi connectivity index (χ1) is 10.1. The molecule has 0 bridgehead atoms. The molecular formula is C14H15BF6O2. The molecule has 23 heavy (non-hydrogen) atoms. The number of rotatable bonds is 1. The molecule has 0 spiro atoms. The van der Waals surface area contributed by atoms with Crippen LogP contribution in [-0.2, 0) is 21.7 Å². The second-order valence-corrected chi connectivity index (χ2v) is 6.43. The highest BCUT2D eigenvalue weighted by Crippen LogP contribution is 2.38. The third-order valence-electron chi connectivity index (χ3n) is 4.14. The third-order valence-corrected chi connectivity index (χ3v) is 4.14. The molecule has 1 aliphatic rings. The summed E-state index contributed by atoms with van der Waals surface area (Å²) in [5.74, 6) is 0. The monoisotopic (exact) mass is 340 g/mol. The van der Waals surface area contributed by atoms with Gasteiger partial charge in [0.1, 0.15) is 0 Å². The van der Waals surface area contributed by atoms with Crippen LogP contribution in [0.3, 0.4) is 0 Å².